The molecule has 4 rings (SSSR count). The third kappa shape index (κ3) is 9.07. The van der Waals surface area contributed by atoms with E-state index in [-0.39, 0.29) is 17.5 Å². The number of hydrogen-bond donors (Lipinski definition) is 0. The summed E-state index contributed by atoms with van der Waals surface area (Å²) in [5, 5.41) is 0. The van der Waals surface area contributed by atoms with Gasteiger partial charge in [0.25, 0.3) is 0 Å². The summed E-state index contributed by atoms with van der Waals surface area (Å²) < 4.78 is 111. The van der Waals surface area contributed by atoms with E-state index in [1.54, 1.807) is 0 Å². The predicted molar refractivity (Wildman–Crippen MR) is 155 cm³/mol. The van der Waals surface area contributed by atoms with Crippen LogP contribution in [0.2, 0.25) is 0 Å². The van der Waals surface area contributed by atoms with Crippen LogP contribution in [0.15, 0.2) is 123 Å². The van der Waals surface area contributed by atoms with Gasteiger partial charge in [0, 0.05) is 6.26 Å². The Morgan fingerprint density at radius 1 is 0.698 bits per heavy atom. The lowest BCUT2D eigenvalue weighted by molar-refractivity contribution is 0.168. The summed E-state index contributed by atoms with van der Waals surface area (Å²) in [6.45, 7) is 2.35. The number of halogens is 4. The summed E-state index contributed by atoms with van der Waals surface area (Å²) in [4.78, 5) is 1.90. The van der Waals surface area contributed by atoms with Gasteiger partial charge < -0.3 is 13.6 Å². The van der Waals surface area contributed by atoms with E-state index in [4.69, 9.17) is 0 Å². The highest BCUT2D eigenvalue weighted by atomic mass is 32.3. The Hall–Kier alpha value is -3.85. The Balaban J connectivity index is 0.000000241. The van der Waals surface area contributed by atoms with Crippen molar-refractivity contribution in [1.82, 2.24) is 0 Å². The highest BCUT2D eigenvalue weighted by Crippen LogP contribution is 2.35. The largest absolute Gasteiger partial charge is 0.498 e. The molecule has 0 heterocycles. The molecule has 0 saturated heterocycles. The van der Waals surface area contributed by atoms with E-state index in [0.29, 0.717) is 6.26 Å². The Kier molecular flexibility index (Phi) is 11.8. The van der Waals surface area contributed by atoms with Crippen LogP contribution in [0.5, 0.6) is 5.75 Å². The van der Waals surface area contributed by atoms with Gasteiger partial charge in [-0.15, -0.1) is 0 Å². The van der Waals surface area contributed by atoms with Crippen LogP contribution in [-0.2, 0) is 35.7 Å². The van der Waals surface area contributed by atoms with Gasteiger partial charge in [0.15, 0.2) is 32.1 Å². The fourth-order valence-corrected chi connectivity index (χ4v) is 7.97. The quantitative estimate of drug-likeness (QED) is 0.0595. The van der Waals surface area contributed by atoms with Crippen LogP contribution in [0, 0.1) is 23.3 Å². The van der Waals surface area contributed by atoms with E-state index >= 15 is 0 Å². The van der Waals surface area contributed by atoms with Crippen molar-refractivity contribution in [2.24, 2.45) is 0 Å². The fraction of sp³-hybridized carbons (Fsp3) is 0.103. The van der Waals surface area contributed by atoms with Gasteiger partial charge >= 0.3 is 0 Å². The summed E-state index contributed by atoms with van der Waals surface area (Å²) in [5.74, 6) is -10.6. The smallest absolute Gasteiger partial charge is 0.205 e. The molecule has 0 bridgehead atoms. The summed E-state index contributed by atoms with van der Waals surface area (Å²) >= 11 is 0. The zero-order valence-corrected chi connectivity index (χ0v) is 24.9. The maximum absolute atomic E-state index is 13.8. The monoisotopic (exact) mass is 655 g/mol. The fourth-order valence-electron chi connectivity index (χ4n) is 3.51. The van der Waals surface area contributed by atoms with Gasteiger partial charge in [0.05, 0.1) is 27.2 Å². The van der Waals surface area contributed by atoms with Crippen molar-refractivity contribution in [2.45, 2.75) is 19.6 Å². The maximum atomic E-state index is 13.8. The van der Waals surface area contributed by atoms with Crippen molar-refractivity contribution < 1.29 is 43.9 Å². The van der Waals surface area contributed by atoms with Gasteiger partial charge in [-0.1, -0.05) is 61.2 Å². The molecule has 0 amide bonds. The minimum Gasteiger partial charge on any atom is -0.498 e. The molecule has 0 radical (unpaired) electrons. The van der Waals surface area contributed by atoms with Gasteiger partial charge in [0.2, 0.25) is 11.6 Å². The van der Waals surface area contributed by atoms with Crippen molar-refractivity contribution in [2.75, 3.05) is 19.5 Å². The molecular formula is C29H25F4NO6S3. The van der Waals surface area contributed by atoms with Crippen LogP contribution in [0.3, 0.4) is 0 Å². The van der Waals surface area contributed by atoms with Crippen molar-refractivity contribution in [3.05, 3.63) is 131 Å². The normalized spacial score (nSPS) is 11.4. The first-order valence-corrected chi connectivity index (χ1v) is 16.7. The van der Waals surface area contributed by atoms with E-state index < -0.39 is 60.6 Å². The summed E-state index contributed by atoms with van der Waals surface area (Å²) in [6.07, 6.45) is 1.28. The number of rotatable bonds is 11. The Bertz CT molecular complexity index is 1620. The maximum Gasteiger partial charge on any atom is 0.205 e. The predicted octanol–water partition coefficient (Wildman–Crippen LogP) is 6.59. The van der Waals surface area contributed by atoms with Gasteiger partial charge in [-0.3, -0.25) is 0 Å². The number of sulfonamides is 2. The molecule has 0 aliphatic rings. The minimum atomic E-state index is -5.56. The Morgan fingerprint density at radius 2 is 1.09 bits per heavy atom. The van der Waals surface area contributed by atoms with Gasteiger partial charge in [-0.2, -0.15) is 8.78 Å². The molecule has 0 aliphatic heterocycles. The number of hydrogen-bond acceptors (Lipinski definition) is 6. The molecule has 228 valence electrons. The topological polar surface area (TPSA) is 101 Å². The molecule has 43 heavy (non-hydrogen) atoms. The average Bonchev–Trinajstić information content (AvgIpc) is 2.97. The molecule has 7 nitrogen and oxygen atoms in total. The second kappa shape index (κ2) is 15.0. The lowest BCUT2D eigenvalue weighted by Crippen LogP contribution is -2.15. The highest BCUT2D eigenvalue weighted by molar-refractivity contribution is 8.11. The number of benzene rings is 4. The second-order valence-electron chi connectivity index (χ2n) is 8.33. The van der Waals surface area contributed by atoms with E-state index in [1.807, 2.05) is 0 Å². The number of nitrogens with zero attached hydrogens (tertiary/aromatic N) is 1. The van der Waals surface area contributed by atoms with Crippen LogP contribution >= 0.6 is 0 Å². The van der Waals surface area contributed by atoms with Gasteiger partial charge in [0.1, 0.15) is 28.1 Å². The lowest BCUT2D eigenvalue weighted by Gasteiger charge is -2.20. The highest BCUT2D eigenvalue weighted by Gasteiger charge is 2.31. The van der Waals surface area contributed by atoms with Crippen molar-refractivity contribution in [3.63, 3.8) is 0 Å². The molecule has 0 saturated carbocycles. The zero-order chi connectivity index (χ0) is 31.6. The molecule has 0 atom stereocenters. The minimum absolute atomic E-state index is 0.0146. The first-order chi connectivity index (χ1) is 20.4. The van der Waals surface area contributed by atoms with Crippen molar-refractivity contribution in [3.8, 4) is 5.75 Å². The third-order valence-electron chi connectivity index (χ3n) is 5.18. The molecule has 4 aromatic carbocycles. The second-order valence-corrected chi connectivity index (χ2v) is 13.8. The lowest BCUT2D eigenvalue weighted by atomic mass is 10.3. The van der Waals surface area contributed by atoms with Crippen LogP contribution in [0.4, 0.5) is 17.6 Å². The number of ether oxygens (including phenoxy) is 2. The van der Waals surface area contributed by atoms with Crippen LogP contribution in [0.1, 0.15) is 0 Å². The van der Waals surface area contributed by atoms with Crippen molar-refractivity contribution >= 4 is 30.9 Å². The SMILES string of the molecule is C=COCCOc1c(F)c(F)c(S(=O)(=O)[N-]S(C)(=O)=O)c(F)c1F.c1ccc([S+](c2ccccc2)c2ccccc2)cc1. The molecule has 0 spiro atoms. The summed E-state index contributed by atoms with van der Waals surface area (Å²) in [5.41, 5.74) is 0. The van der Waals surface area contributed by atoms with Gasteiger partial charge in [-0.25, -0.2) is 25.6 Å². The van der Waals surface area contributed by atoms with Crippen LogP contribution in [-0.4, -0.2) is 36.3 Å². The van der Waals surface area contributed by atoms with Gasteiger partial charge in [-0.05, 0) is 36.4 Å². The first-order valence-electron chi connectivity index (χ1n) is 12.2. The van der Waals surface area contributed by atoms with E-state index in [1.165, 1.54) is 14.7 Å². The van der Waals surface area contributed by atoms with E-state index in [9.17, 15) is 34.4 Å². The van der Waals surface area contributed by atoms with Crippen LogP contribution < -0.4 is 4.74 Å². The van der Waals surface area contributed by atoms with Crippen molar-refractivity contribution in [1.29, 1.82) is 0 Å². The molecule has 0 aliphatic carbocycles. The summed E-state index contributed by atoms with van der Waals surface area (Å²) in [7, 11) is -10.2. The van der Waals surface area contributed by atoms with E-state index in [2.05, 4.69) is 111 Å². The van der Waals surface area contributed by atoms with E-state index in [0.717, 1.165) is 6.26 Å². The molecule has 4 aromatic rings. The molecule has 0 aromatic heterocycles. The average molecular weight is 656 g/mol. The first kappa shape index (κ1) is 33.6. The summed E-state index contributed by atoms with van der Waals surface area (Å²) in [6, 6.07) is 32.2. The molecule has 0 N–H and O–H groups in total. The Morgan fingerprint density at radius 3 is 1.44 bits per heavy atom. The molecule has 0 unspecified atom stereocenters. The zero-order valence-electron chi connectivity index (χ0n) is 22.5. The standard InChI is InChI=1S/C18H15S.C11H10F4NO6S2/c1-4-10-16(11-5-1)19(17-12-6-2-7-13-17)18-14-8-3-9-15-18;1-3-21-4-5-22-10-6(12)8(14)11(9(15)7(10)13)24(19,20)16-23(2,17)18/h1-15H;3H,1,4-5H2,2H3/q+1;-1. The molecule has 0 fully saturated rings. The van der Waals surface area contributed by atoms with Crippen LogP contribution in [0.25, 0.3) is 4.13 Å². The molecular weight excluding hydrogens is 631 g/mol. The Labute approximate surface area is 250 Å². The third-order valence-corrected chi connectivity index (χ3v) is 10.1. The molecule has 14 heteroatoms.